The molecule has 0 N–H and O–H groups in total. The maximum Gasteiger partial charge on any atom is 0.351 e. The van der Waals surface area contributed by atoms with Crippen molar-refractivity contribution in [2.45, 2.75) is 0 Å². The van der Waals surface area contributed by atoms with E-state index in [9.17, 15) is 4.79 Å². The van der Waals surface area contributed by atoms with Gasteiger partial charge in [-0.1, -0.05) is 30.3 Å². The van der Waals surface area contributed by atoms with Crippen LogP contribution in [-0.4, -0.2) is 20.2 Å². The van der Waals surface area contributed by atoms with Gasteiger partial charge in [-0.15, -0.1) is 11.3 Å². The lowest BCUT2D eigenvalue weighted by Gasteiger charge is -2.05. The molecule has 0 unspecified atom stereocenters. The average molecular weight is 248 g/mol. The minimum atomic E-state index is -0.367. The molecule has 1 heterocycles. The van der Waals surface area contributed by atoms with Crippen molar-refractivity contribution in [3.05, 3.63) is 40.6 Å². The highest BCUT2D eigenvalue weighted by molar-refractivity contribution is 7.12. The van der Waals surface area contributed by atoms with E-state index >= 15 is 0 Å². The summed E-state index contributed by atoms with van der Waals surface area (Å²) in [7, 11) is 2.92. The summed E-state index contributed by atoms with van der Waals surface area (Å²) in [6.07, 6.45) is 0. The molecule has 0 aliphatic carbocycles. The van der Waals surface area contributed by atoms with Crippen LogP contribution in [-0.2, 0) is 4.74 Å². The largest absolute Gasteiger partial charge is 0.494 e. The number of benzene rings is 1. The Labute approximate surface area is 104 Å². The van der Waals surface area contributed by atoms with Crippen LogP contribution in [0.25, 0.3) is 11.1 Å². The lowest BCUT2D eigenvalue weighted by Crippen LogP contribution is -2.00. The van der Waals surface area contributed by atoms with Crippen molar-refractivity contribution in [2.24, 2.45) is 0 Å². The predicted molar refractivity (Wildman–Crippen MR) is 67.6 cm³/mol. The molecule has 2 aromatic rings. The zero-order valence-electron chi connectivity index (χ0n) is 9.60. The molecule has 0 saturated heterocycles. The Hall–Kier alpha value is -1.81. The van der Waals surface area contributed by atoms with Gasteiger partial charge in [0.25, 0.3) is 0 Å². The van der Waals surface area contributed by atoms with Crippen LogP contribution < -0.4 is 4.74 Å². The van der Waals surface area contributed by atoms with E-state index in [2.05, 4.69) is 0 Å². The van der Waals surface area contributed by atoms with E-state index in [-0.39, 0.29) is 5.97 Å². The number of carbonyl (C=O) groups excluding carboxylic acids is 1. The third-order valence-electron chi connectivity index (χ3n) is 2.41. The number of hydrogen-bond donors (Lipinski definition) is 0. The molecule has 4 heteroatoms. The van der Waals surface area contributed by atoms with Gasteiger partial charge in [-0.3, -0.25) is 0 Å². The molecule has 0 aliphatic rings. The topological polar surface area (TPSA) is 35.5 Å². The molecule has 0 spiro atoms. The number of rotatable bonds is 3. The monoisotopic (exact) mass is 248 g/mol. The molecule has 0 amide bonds. The van der Waals surface area contributed by atoms with Gasteiger partial charge >= 0.3 is 5.97 Å². The first-order valence-electron chi connectivity index (χ1n) is 5.07. The van der Waals surface area contributed by atoms with Gasteiger partial charge in [0.05, 0.1) is 14.2 Å². The molecule has 0 aliphatic heterocycles. The Bertz CT molecular complexity index is 517. The van der Waals surface area contributed by atoms with Crippen molar-refractivity contribution in [2.75, 3.05) is 14.2 Å². The van der Waals surface area contributed by atoms with Gasteiger partial charge in [-0.2, -0.15) is 0 Å². The average Bonchev–Trinajstić information content (AvgIpc) is 2.82. The second kappa shape index (κ2) is 5.01. The van der Waals surface area contributed by atoms with E-state index in [1.165, 1.54) is 18.4 Å². The van der Waals surface area contributed by atoms with Crippen LogP contribution in [0.15, 0.2) is 35.7 Å². The van der Waals surface area contributed by atoms with Crippen LogP contribution in [0.4, 0.5) is 0 Å². The minimum absolute atomic E-state index is 0.367. The highest BCUT2D eigenvalue weighted by atomic mass is 32.1. The molecule has 1 aromatic heterocycles. The molecule has 0 bridgehead atoms. The smallest absolute Gasteiger partial charge is 0.351 e. The molecule has 0 saturated carbocycles. The molecule has 1 aromatic carbocycles. The van der Waals surface area contributed by atoms with Gasteiger partial charge in [-0.25, -0.2) is 4.79 Å². The quantitative estimate of drug-likeness (QED) is 0.782. The Morgan fingerprint density at radius 3 is 2.47 bits per heavy atom. The Morgan fingerprint density at radius 1 is 1.18 bits per heavy atom. The zero-order chi connectivity index (χ0) is 12.3. The van der Waals surface area contributed by atoms with E-state index in [4.69, 9.17) is 9.47 Å². The van der Waals surface area contributed by atoms with Crippen molar-refractivity contribution < 1.29 is 14.3 Å². The Balaban J connectivity index is 2.50. The Morgan fingerprint density at radius 2 is 1.88 bits per heavy atom. The Kier molecular flexibility index (Phi) is 3.44. The first-order chi connectivity index (χ1) is 8.27. The molecule has 0 atom stereocenters. The first kappa shape index (κ1) is 11.7. The second-order valence-electron chi connectivity index (χ2n) is 3.37. The highest BCUT2D eigenvalue weighted by Gasteiger charge is 2.20. The summed E-state index contributed by atoms with van der Waals surface area (Å²) in [5.41, 5.74) is 1.94. The number of ether oxygens (including phenoxy) is 2. The van der Waals surface area contributed by atoms with Gasteiger partial charge < -0.3 is 9.47 Å². The molecular formula is C13H12O3S. The van der Waals surface area contributed by atoms with Crippen LogP contribution in [0.5, 0.6) is 5.75 Å². The van der Waals surface area contributed by atoms with E-state index < -0.39 is 0 Å². The molecule has 0 radical (unpaired) electrons. The van der Waals surface area contributed by atoms with E-state index in [0.29, 0.717) is 10.6 Å². The summed E-state index contributed by atoms with van der Waals surface area (Å²) in [6.45, 7) is 0. The standard InChI is InChI=1S/C13H12O3S/c1-15-11-10(9-6-4-3-5-7-9)8-17-12(11)13(14)16-2/h3-8H,1-2H3. The van der Waals surface area contributed by atoms with Crippen LogP contribution >= 0.6 is 11.3 Å². The van der Waals surface area contributed by atoms with Gasteiger partial charge in [0.15, 0.2) is 10.6 Å². The summed E-state index contributed by atoms with van der Waals surface area (Å²) < 4.78 is 10.0. The molecule has 0 fully saturated rings. The third-order valence-corrected chi connectivity index (χ3v) is 3.35. The van der Waals surface area contributed by atoms with E-state index in [1.54, 1.807) is 7.11 Å². The predicted octanol–water partition coefficient (Wildman–Crippen LogP) is 3.21. The SMILES string of the molecule is COC(=O)c1scc(-c2ccccc2)c1OC. The molecule has 2 rings (SSSR count). The van der Waals surface area contributed by atoms with Gasteiger partial charge in [-0.05, 0) is 5.56 Å². The lowest BCUT2D eigenvalue weighted by molar-refractivity contribution is 0.0603. The molecule has 3 nitrogen and oxygen atoms in total. The summed E-state index contributed by atoms with van der Waals surface area (Å²) in [5, 5.41) is 1.90. The maximum absolute atomic E-state index is 11.5. The van der Waals surface area contributed by atoms with E-state index in [0.717, 1.165) is 11.1 Å². The minimum Gasteiger partial charge on any atom is -0.494 e. The number of thiophene rings is 1. The summed E-state index contributed by atoms with van der Waals surface area (Å²) in [4.78, 5) is 12.0. The van der Waals surface area contributed by atoms with Gasteiger partial charge in [0.2, 0.25) is 0 Å². The van der Waals surface area contributed by atoms with E-state index in [1.807, 2.05) is 35.7 Å². The number of esters is 1. The normalized spacial score (nSPS) is 10.0. The fraction of sp³-hybridized carbons (Fsp3) is 0.154. The maximum atomic E-state index is 11.5. The number of methoxy groups -OCH3 is 2. The molecule has 17 heavy (non-hydrogen) atoms. The van der Waals surface area contributed by atoms with Crippen LogP contribution in [0.1, 0.15) is 9.67 Å². The summed E-state index contributed by atoms with van der Waals surface area (Å²) in [6, 6.07) is 9.80. The summed E-state index contributed by atoms with van der Waals surface area (Å²) >= 11 is 1.33. The fourth-order valence-corrected chi connectivity index (χ4v) is 2.56. The van der Waals surface area contributed by atoms with Crippen molar-refractivity contribution >= 4 is 17.3 Å². The van der Waals surface area contributed by atoms with Crippen molar-refractivity contribution in [1.82, 2.24) is 0 Å². The summed E-state index contributed by atoms with van der Waals surface area (Å²) in [5.74, 6) is 0.210. The highest BCUT2D eigenvalue weighted by Crippen LogP contribution is 2.38. The number of hydrogen-bond acceptors (Lipinski definition) is 4. The van der Waals surface area contributed by atoms with Crippen LogP contribution in [0.3, 0.4) is 0 Å². The lowest BCUT2D eigenvalue weighted by atomic mass is 10.1. The second-order valence-corrected chi connectivity index (χ2v) is 4.25. The van der Waals surface area contributed by atoms with Gasteiger partial charge in [0.1, 0.15) is 0 Å². The fourth-order valence-electron chi connectivity index (χ4n) is 1.60. The first-order valence-corrected chi connectivity index (χ1v) is 5.95. The molecular weight excluding hydrogens is 236 g/mol. The van der Waals surface area contributed by atoms with Crippen molar-refractivity contribution in [1.29, 1.82) is 0 Å². The van der Waals surface area contributed by atoms with Crippen molar-refractivity contribution in [3.63, 3.8) is 0 Å². The van der Waals surface area contributed by atoms with Crippen molar-refractivity contribution in [3.8, 4) is 16.9 Å². The zero-order valence-corrected chi connectivity index (χ0v) is 10.4. The third kappa shape index (κ3) is 2.17. The van der Waals surface area contributed by atoms with Crippen LogP contribution in [0, 0.1) is 0 Å². The number of carbonyl (C=O) groups is 1. The van der Waals surface area contributed by atoms with Gasteiger partial charge in [0, 0.05) is 10.9 Å². The van der Waals surface area contributed by atoms with Crippen LogP contribution in [0.2, 0.25) is 0 Å². The molecule has 88 valence electrons.